The molecule has 2 rings (SSSR count). The Hall–Kier alpha value is -2.60. The van der Waals surface area contributed by atoms with Crippen LogP contribution in [0.25, 0.3) is 0 Å². The third kappa shape index (κ3) is 2.61. The first-order chi connectivity index (χ1) is 10.9. The van der Waals surface area contributed by atoms with Crippen LogP contribution in [0.15, 0.2) is 60.7 Å². The third-order valence-electron chi connectivity index (χ3n) is 4.46. The molecule has 0 aromatic heterocycles. The van der Waals surface area contributed by atoms with Crippen LogP contribution in [0.4, 0.5) is 0 Å². The van der Waals surface area contributed by atoms with E-state index in [0.717, 1.165) is 11.1 Å². The van der Waals surface area contributed by atoms with Crippen LogP contribution in [0, 0.1) is 16.7 Å². The molecule has 2 aromatic rings. The lowest BCUT2D eigenvalue weighted by Crippen LogP contribution is -2.51. The van der Waals surface area contributed by atoms with Gasteiger partial charge in [0.05, 0.1) is 11.5 Å². The van der Waals surface area contributed by atoms with Gasteiger partial charge in [-0.2, -0.15) is 5.26 Å². The highest BCUT2D eigenvalue weighted by molar-refractivity contribution is 5.85. The second-order valence-corrected chi connectivity index (χ2v) is 6.42. The molecule has 0 unspecified atom stereocenters. The summed E-state index contributed by atoms with van der Waals surface area (Å²) in [6, 6.07) is 21.6. The molecule has 0 heterocycles. The van der Waals surface area contributed by atoms with Gasteiger partial charge in [-0.25, -0.2) is 0 Å². The highest BCUT2D eigenvalue weighted by atomic mass is 16.2. The summed E-state index contributed by atoms with van der Waals surface area (Å²) in [5, 5.41) is 10.2. The fourth-order valence-electron chi connectivity index (χ4n) is 3.25. The predicted octanol–water partition coefficient (Wildman–Crippen LogP) is 3.61. The molecule has 0 spiro atoms. The molecule has 0 saturated heterocycles. The molecule has 0 atom stereocenters. The maximum Gasteiger partial charge on any atom is 0.230 e. The van der Waals surface area contributed by atoms with E-state index in [1.807, 2.05) is 74.5 Å². The monoisotopic (exact) mass is 306 g/mol. The minimum absolute atomic E-state index is 0.0771. The van der Waals surface area contributed by atoms with Gasteiger partial charge in [-0.3, -0.25) is 4.79 Å². The van der Waals surface area contributed by atoms with Crippen molar-refractivity contribution in [3.63, 3.8) is 0 Å². The maximum absolute atomic E-state index is 12.9. The molecule has 0 saturated carbocycles. The van der Waals surface area contributed by atoms with Gasteiger partial charge >= 0.3 is 0 Å². The second-order valence-electron chi connectivity index (χ2n) is 6.42. The van der Waals surface area contributed by atoms with Gasteiger partial charge in [0, 0.05) is 14.1 Å². The molecule has 0 bridgehead atoms. The Morgan fingerprint density at radius 1 is 0.913 bits per heavy atom. The minimum atomic E-state index is -1.06. The first-order valence-electron chi connectivity index (χ1n) is 7.62. The number of hydrogen-bond donors (Lipinski definition) is 0. The fraction of sp³-hybridized carbons (Fsp3) is 0.300. The van der Waals surface area contributed by atoms with Crippen molar-refractivity contribution in [2.75, 3.05) is 14.1 Å². The highest BCUT2D eigenvalue weighted by Crippen LogP contribution is 2.47. The summed E-state index contributed by atoms with van der Waals surface area (Å²) >= 11 is 0. The van der Waals surface area contributed by atoms with E-state index in [-0.39, 0.29) is 5.91 Å². The summed E-state index contributed by atoms with van der Waals surface area (Å²) in [7, 11) is 3.45. The first-order valence-corrected chi connectivity index (χ1v) is 7.62. The molecule has 0 aliphatic heterocycles. The molecule has 0 aliphatic rings. The summed E-state index contributed by atoms with van der Waals surface area (Å²) in [4.78, 5) is 14.4. The van der Waals surface area contributed by atoms with Crippen molar-refractivity contribution >= 4 is 5.91 Å². The van der Waals surface area contributed by atoms with E-state index in [0.29, 0.717) is 0 Å². The quantitative estimate of drug-likeness (QED) is 0.866. The number of rotatable bonds is 4. The molecule has 0 radical (unpaired) electrons. The van der Waals surface area contributed by atoms with E-state index >= 15 is 0 Å². The molecule has 0 fully saturated rings. The van der Waals surface area contributed by atoms with Crippen molar-refractivity contribution < 1.29 is 4.79 Å². The molecule has 23 heavy (non-hydrogen) atoms. The normalized spacial score (nSPS) is 11.6. The summed E-state index contributed by atoms with van der Waals surface area (Å²) < 4.78 is 0. The molecule has 3 heteroatoms. The van der Waals surface area contributed by atoms with Gasteiger partial charge in [-0.15, -0.1) is 0 Å². The van der Waals surface area contributed by atoms with Crippen LogP contribution in [0.3, 0.4) is 0 Å². The van der Waals surface area contributed by atoms with Gasteiger partial charge < -0.3 is 4.90 Å². The smallest absolute Gasteiger partial charge is 0.230 e. The lowest BCUT2D eigenvalue weighted by atomic mass is 9.58. The zero-order valence-corrected chi connectivity index (χ0v) is 14.1. The van der Waals surface area contributed by atoms with Crippen molar-refractivity contribution in [2.45, 2.75) is 19.3 Å². The second kappa shape index (κ2) is 6.26. The van der Waals surface area contributed by atoms with E-state index in [1.54, 1.807) is 19.0 Å². The van der Waals surface area contributed by atoms with Crippen molar-refractivity contribution in [1.29, 1.82) is 5.26 Å². The number of nitriles is 1. The topological polar surface area (TPSA) is 44.1 Å². The Morgan fingerprint density at radius 2 is 1.30 bits per heavy atom. The SMILES string of the molecule is CN(C)C(=O)C(C)(C)C(C#N)(c1ccccc1)c1ccccc1. The van der Waals surface area contributed by atoms with Gasteiger partial charge in [-0.05, 0) is 25.0 Å². The molecular weight excluding hydrogens is 284 g/mol. The Kier molecular flexibility index (Phi) is 4.56. The standard InChI is InChI=1S/C20H22N2O/c1-19(2,18(23)22(3)4)20(15-21,16-11-7-5-8-12-16)17-13-9-6-10-14-17/h5-14H,1-4H3. The van der Waals surface area contributed by atoms with Crippen molar-refractivity contribution in [1.82, 2.24) is 4.90 Å². The largest absolute Gasteiger partial charge is 0.348 e. The lowest BCUT2D eigenvalue weighted by molar-refractivity contribution is -0.139. The van der Waals surface area contributed by atoms with Crippen LogP contribution in [0.5, 0.6) is 0 Å². The molecule has 2 aromatic carbocycles. The molecule has 3 nitrogen and oxygen atoms in total. The van der Waals surface area contributed by atoms with Crippen LogP contribution in [-0.4, -0.2) is 24.9 Å². The van der Waals surface area contributed by atoms with E-state index in [2.05, 4.69) is 6.07 Å². The van der Waals surface area contributed by atoms with Crippen LogP contribution in [0.1, 0.15) is 25.0 Å². The fourth-order valence-corrected chi connectivity index (χ4v) is 3.25. The first kappa shape index (κ1) is 16.8. The number of carbonyl (C=O) groups is 1. The van der Waals surface area contributed by atoms with Gasteiger partial charge in [0.1, 0.15) is 5.41 Å². The number of amides is 1. The minimum Gasteiger partial charge on any atom is -0.348 e. The summed E-state index contributed by atoms with van der Waals surface area (Å²) in [5.41, 5.74) is -0.326. The van der Waals surface area contributed by atoms with Gasteiger partial charge in [0.15, 0.2) is 0 Å². The Morgan fingerprint density at radius 3 is 1.61 bits per heavy atom. The Labute approximate surface area is 138 Å². The molecule has 118 valence electrons. The Bertz CT molecular complexity index is 673. The molecular formula is C20H22N2O. The number of hydrogen-bond acceptors (Lipinski definition) is 2. The van der Waals surface area contributed by atoms with Gasteiger partial charge in [0.2, 0.25) is 5.91 Å². The van der Waals surface area contributed by atoms with Crippen LogP contribution >= 0.6 is 0 Å². The van der Waals surface area contributed by atoms with Crippen molar-refractivity contribution in [3.8, 4) is 6.07 Å². The highest BCUT2D eigenvalue weighted by Gasteiger charge is 2.53. The predicted molar refractivity (Wildman–Crippen MR) is 91.8 cm³/mol. The van der Waals surface area contributed by atoms with Crippen molar-refractivity contribution in [2.24, 2.45) is 5.41 Å². The average molecular weight is 306 g/mol. The van der Waals surface area contributed by atoms with Gasteiger partial charge in [0.25, 0.3) is 0 Å². The van der Waals surface area contributed by atoms with E-state index < -0.39 is 10.8 Å². The summed E-state index contributed by atoms with van der Waals surface area (Å²) in [5.74, 6) is -0.0771. The Balaban J connectivity index is 2.81. The van der Waals surface area contributed by atoms with Crippen molar-refractivity contribution in [3.05, 3.63) is 71.8 Å². The summed E-state index contributed by atoms with van der Waals surface area (Å²) in [6.45, 7) is 3.69. The number of benzene rings is 2. The number of carbonyl (C=O) groups excluding carboxylic acids is 1. The van der Waals surface area contributed by atoms with Crippen LogP contribution in [-0.2, 0) is 10.2 Å². The zero-order chi connectivity index (χ0) is 17.1. The van der Waals surface area contributed by atoms with Crippen LogP contribution in [0.2, 0.25) is 0 Å². The van der Waals surface area contributed by atoms with Gasteiger partial charge in [-0.1, -0.05) is 60.7 Å². The molecule has 1 amide bonds. The van der Waals surface area contributed by atoms with E-state index in [9.17, 15) is 10.1 Å². The molecule has 0 N–H and O–H groups in total. The molecule has 0 aliphatic carbocycles. The summed E-state index contributed by atoms with van der Waals surface area (Å²) in [6.07, 6.45) is 0. The van der Waals surface area contributed by atoms with Crippen LogP contribution < -0.4 is 0 Å². The maximum atomic E-state index is 12.9. The van der Waals surface area contributed by atoms with E-state index in [4.69, 9.17) is 0 Å². The third-order valence-corrected chi connectivity index (χ3v) is 4.46. The zero-order valence-electron chi connectivity index (χ0n) is 14.1. The lowest BCUT2D eigenvalue weighted by Gasteiger charge is -2.42. The average Bonchev–Trinajstić information content (AvgIpc) is 2.57. The number of nitrogens with zero attached hydrogens (tertiary/aromatic N) is 2. The van der Waals surface area contributed by atoms with E-state index in [1.165, 1.54) is 0 Å².